The minimum absolute atomic E-state index is 0.985. The monoisotopic (exact) mass is 194 g/mol. The normalized spacial score (nSPS) is 10.5. The molecule has 0 spiro atoms. The van der Waals surface area contributed by atoms with E-state index in [2.05, 4.69) is 13.8 Å². The first-order valence-corrected chi connectivity index (χ1v) is 4.23. The van der Waals surface area contributed by atoms with Crippen LogP contribution in [0.25, 0.3) is 5.53 Å². The molecule has 0 amide bonds. The third-order valence-corrected chi connectivity index (χ3v) is 2.79. The second kappa shape index (κ2) is 4.13. The first-order valence-electron chi connectivity index (χ1n) is 2.69. The van der Waals surface area contributed by atoms with Crippen molar-refractivity contribution < 1.29 is 28.3 Å². The van der Waals surface area contributed by atoms with Gasteiger partial charge in [-0.05, 0) is 0 Å². The molecule has 1 N–H and O–H groups in total. The lowest BCUT2D eigenvalue weighted by atomic mass is 10.8. The van der Waals surface area contributed by atoms with Crippen molar-refractivity contribution in [1.82, 2.24) is 0 Å². The Morgan fingerprint density at radius 1 is 1.50 bits per heavy atom. The van der Waals surface area contributed by atoms with E-state index in [4.69, 9.17) is 10.6 Å². The quantitative estimate of drug-likeness (QED) is 0.297. The Balaban J connectivity index is 5.11. The van der Waals surface area contributed by atoms with Crippen molar-refractivity contribution in [2.75, 3.05) is 14.2 Å². The number of rotatable bonds is 4. The van der Waals surface area contributed by atoms with Gasteiger partial charge in [0.05, 0.1) is 0 Å². The van der Waals surface area contributed by atoms with E-state index in [1.165, 1.54) is 0 Å². The van der Waals surface area contributed by atoms with Gasteiger partial charge in [0.2, 0.25) is 0 Å². The molecule has 0 aliphatic carbocycles. The van der Waals surface area contributed by atoms with Crippen LogP contribution >= 0.6 is 7.60 Å². The molecule has 0 radical (unpaired) electrons. The maximum atomic E-state index is 11.2. The summed E-state index contributed by atoms with van der Waals surface area (Å²) < 4.78 is 19.7. The highest BCUT2D eigenvalue weighted by atomic mass is 31.2. The van der Waals surface area contributed by atoms with Crippen LogP contribution in [0, 0.1) is 0 Å². The highest BCUT2D eigenvalue weighted by Gasteiger charge is 2.44. The van der Waals surface area contributed by atoms with Crippen LogP contribution in [0.1, 0.15) is 0 Å². The van der Waals surface area contributed by atoms with Crippen molar-refractivity contribution in [3.05, 3.63) is 5.53 Å². The largest absolute Gasteiger partial charge is 0.484 e. The summed E-state index contributed by atoms with van der Waals surface area (Å²) in [6.07, 6.45) is 0. The van der Waals surface area contributed by atoms with Crippen molar-refractivity contribution in [2.24, 2.45) is 0 Å². The summed E-state index contributed by atoms with van der Waals surface area (Å²) in [5.74, 6) is -1.66. The summed E-state index contributed by atoms with van der Waals surface area (Å²) in [5, 5.41) is 8.35. The Labute approximate surface area is 68.1 Å². The molecule has 0 aliphatic heterocycles. The molecule has 8 heteroatoms. The maximum Gasteiger partial charge on any atom is 0.484 e. The Kier molecular flexibility index (Phi) is 3.79. The van der Waals surface area contributed by atoms with Gasteiger partial charge in [0, 0.05) is 14.2 Å². The smallest absolute Gasteiger partial charge is 0.472 e. The molecule has 0 rings (SSSR count). The fourth-order valence-corrected chi connectivity index (χ4v) is 1.30. The van der Waals surface area contributed by atoms with E-state index in [-0.39, 0.29) is 0 Å². The zero-order valence-corrected chi connectivity index (χ0v) is 7.32. The van der Waals surface area contributed by atoms with Crippen molar-refractivity contribution >= 4 is 19.0 Å². The van der Waals surface area contributed by atoms with Crippen LogP contribution in [-0.4, -0.2) is 35.5 Å². The molecule has 0 aliphatic rings. The molecule has 12 heavy (non-hydrogen) atoms. The van der Waals surface area contributed by atoms with Gasteiger partial charge < -0.3 is 19.7 Å². The first-order chi connectivity index (χ1) is 5.51. The fourth-order valence-electron chi connectivity index (χ4n) is 0.462. The van der Waals surface area contributed by atoms with Crippen LogP contribution in [0.15, 0.2) is 0 Å². The molecule has 7 nitrogen and oxygen atoms in total. The van der Waals surface area contributed by atoms with Gasteiger partial charge in [-0.15, -0.1) is 4.79 Å². The van der Waals surface area contributed by atoms with Crippen LogP contribution in [-0.2, 0) is 18.4 Å². The van der Waals surface area contributed by atoms with E-state index in [1.54, 1.807) is 0 Å². The molecular formula is C4H7N2O5P. The molecule has 0 aromatic heterocycles. The maximum absolute atomic E-state index is 11.2. The van der Waals surface area contributed by atoms with Gasteiger partial charge in [0.15, 0.2) is 0 Å². The van der Waals surface area contributed by atoms with Gasteiger partial charge in [-0.2, -0.15) is 0 Å². The summed E-state index contributed by atoms with van der Waals surface area (Å²) in [4.78, 5) is 12.6. The van der Waals surface area contributed by atoms with Crippen LogP contribution in [0.4, 0.5) is 0 Å². The average Bonchev–Trinajstić information content (AvgIpc) is 2.04. The van der Waals surface area contributed by atoms with E-state index in [0.29, 0.717) is 0 Å². The summed E-state index contributed by atoms with van der Waals surface area (Å²) in [5.41, 5.74) is 7.12. The predicted molar refractivity (Wildman–Crippen MR) is 37.9 cm³/mol. The number of nitrogens with zero attached hydrogens (tertiary/aromatic N) is 2. The van der Waals surface area contributed by atoms with Crippen molar-refractivity contribution in [3.8, 4) is 0 Å². The highest BCUT2D eigenvalue weighted by molar-refractivity contribution is 7.74. The van der Waals surface area contributed by atoms with Gasteiger partial charge in [0.25, 0.3) is 0 Å². The van der Waals surface area contributed by atoms with Gasteiger partial charge in [-0.3, -0.25) is 0 Å². The van der Waals surface area contributed by atoms with Crippen LogP contribution in [0.2, 0.25) is 0 Å². The first kappa shape index (κ1) is 11.0. The van der Waals surface area contributed by atoms with Crippen molar-refractivity contribution in [3.63, 3.8) is 0 Å². The zero-order chi connectivity index (χ0) is 9.78. The lowest BCUT2D eigenvalue weighted by Gasteiger charge is -2.04. The number of carboxylic acids is 1. The number of hydrogen-bond donors (Lipinski definition) is 1. The second-order valence-corrected chi connectivity index (χ2v) is 3.74. The van der Waals surface area contributed by atoms with Crippen LogP contribution in [0.5, 0.6) is 0 Å². The van der Waals surface area contributed by atoms with Gasteiger partial charge in [0.1, 0.15) is 0 Å². The average molecular weight is 194 g/mol. The lowest BCUT2D eigenvalue weighted by molar-refractivity contribution is -0.133. The van der Waals surface area contributed by atoms with E-state index in [1.807, 2.05) is 0 Å². The zero-order valence-electron chi connectivity index (χ0n) is 6.42. The standard InChI is InChI=1S/C4H7N2O5P/c1-10-12(9,11-2)3(6-5)4(7)8/h1-2H3,(H,7,8). The third kappa shape index (κ3) is 1.99. The molecule has 0 fully saturated rings. The lowest BCUT2D eigenvalue weighted by Crippen LogP contribution is -2.16. The molecular weight excluding hydrogens is 187 g/mol. The molecule has 0 unspecified atom stereocenters. The Morgan fingerprint density at radius 3 is 2.00 bits per heavy atom. The van der Waals surface area contributed by atoms with E-state index < -0.39 is 19.0 Å². The molecule has 0 saturated carbocycles. The summed E-state index contributed by atoms with van der Waals surface area (Å²) in [6, 6.07) is 0. The van der Waals surface area contributed by atoms with Crippen molar-refractivity contribution in [1.29, 1.82) is 0 Å². The molecule has 0 aromatic rings. The topological polar surface area (TPSA) is 109 Å². The Hall–Kier alpha value is -1.00. The summed E-state index contributed by atoms with van der Waals surface area (Å²) in [7, 11) is -1.98. The third-order valence-electron chi connectivity index (χ3n) is 1.03. The van der Waals surface area contributed by atoms with Crippen LogP contribution in [0.3, 0.4) is 0 Å². The Bertz CT molecular complexity index is 273. The van der Waals surface area contributed by atoms with Gasteiger partial charge in [-0.1, -0.05) is 0 Å². The number of carboxylic acid groups (broad SMARTS) is 1. The second-order valence-electron chi connectivity index (χ2n) is 1.59. The molecule has 68 valence electrons. The van der Waals surface area contributed by atoms with Crippen LogP contribution < -0.4 is 0 Å². The van der Waals surface area contributed by atoms with E-state index in [9.17, 15) is 9.36 Å². The van der Waals surface area contributed by atoms with Crippen molar-refractivity contribution in [2.45, 2.75) is 0 Å². The van der Waals surface area contributed by atoms with Gasteiger partial charge >= 0.3 is 19.0 Å². The van der Waals surface area contributed by atoms with E-state index in [0.717, 1.165) is 14.2 Å². The van der Waals surface area contributed by atoms with Gasteiger partial charge in [-0.25, -0.2) is 9.36 Å². The number of aliphatic carboxylic acids is 1. The summed E-state index contributed by atoms with van der Waals surface area (Å²) >= 11 is 0. The molecule has 0 heterocycles. The Morgan fingerprint density at radius 2 is 1.92 bits per heavy atom. The number of hydrogen-bond acceptors (Lipinski definition) is 4. The fraction of sp³-hybridized carbons (Fsp3) is 0.500. The molecule has 0 saturated heterocycles. The highest BCUT2D eigenvalue weighted by Crippen LogP contribution is 2.47. The minimum atomic E-state index is -3.95. The molecule has 0 aromatic carbocycles. The SMILES string of the molecule is COP(=O)(OC)C(=[N+]=[N-])C(=O)O. The van der Waals surface area contributed by atoms with E-state index >= 15 is 0 Å². The molecule has 0 bridgehead atoms. The minimum Gasteiger partial charge on any atom is -0.472 e. The summed E-state index contributed by atoms with van der Waals surface area (Å²) in [6.45, 7) is 0. The molecule has 0 atom stereocenters. The number of carbonyl (C=O) groups is 1. The predicted octanol–water partition coefficient (Wildman–Crippen LogP) is 0.185.